The normalized spacial score (nSPS) is 8.90. The zero-order chi connectivity index (χ0) is 7.98. The standard InChI is InChI=1S/C4H8N2O3S/c5-10-2-1-6-3(7)4(8)9/h1-2,5H2,(H,6,7)(H,8,9). The zero-order valence-electron chi connectivity index (χ0n) is 5.16. The van der Waals surface area contributed by atoms with Gasteiger partial charge in [0, 0.05) is 12.3 Å². The van der Waals surface area contributed by atoms with Gasteiger partial charge in [-0.3, -0.25) is 9.93 Å². The van der Waals surface area contributed by atoms with Crippen molar-refractivity contribution in [1.29, 1.82) is 0 Å². The minimum atomic E-state index is -1.47. The monoisotopic (exact) mass is 164 g/mol. The SMILES string of the molecule is NSCCNC(=O)C(=O)O. The van der Waals surface area contributed by atoms with Crippen LogP contribution in [-0.2, 0) is 9.59 Å². The van der Waals surface area contributed by atoms with Crippen LogP contribution < -0.4 is 10.5 Å². The summed E-state index contributed by atoms with van der Waals surface area (Å²) >= 11 is 1.05. The first-order chi connectivity index (χ1) is 4.68. The van der Waals surface area contributed by atoms with Gasteiger partial charge in [0.05, 0.1) is 0 Å². The van der Waals surface area contributed by atoms with E-state index in [1.807, 2.05) is 0 Å². The first-order valence-corrected chi connectivity index (χ1v) is 3.56. The van der Waals surface area contributed by atoms with E-state index in [2.05, 4.69) is 5.32 Å². The van der Waals surface area contributed by atoms with Crippen LogP contribution in [0.1, 0.15) is 0 Å². The predicted molar refractivity (Wildman–Crippen MR) is 37.3 cm³/mol. The fourth-order valence-corrected chi connectivity index (χ4v) is 0.519. The summed E-state index contributed by atoms with van der Waals surface area (Å²) in [6, 6.07) is 0. The van der Waals surface area contributed by atoms with Crippen molar-refractivity contribution in [2.24, 2.45) is 5.14 Å². The Morgan fingerprint density at radius 2 is 2.20 bits per heavy atom. The summed E-state index contributed by atoms with van der Waals surface area (Å²) in [5.74, 6) is -1.95. The topological polar surface area (TPSA) is 92.4 Å². The molecule has 0 aromatic carbocycles. The highest BCUT2D eigenvalue weighted by Crippen LogP contribution is 1.80. The van der Waals surface area contributed by atoms with Gasteiger partial charge >= 0.3 is 11.9 Å². The second kappa shape index (κ2) is 5.07. The molecule has 0 rings (SSSR count). The molecule has 0 saturated heterocycles. The van der Waals surface area contributed by atoms with Crippen molar-refractivity contribution < 1.29 is 14.7 Å². The zero-order valence-corrected chi connectivity index (χ0v) is 5.98. The molecule has 0 atom stereocenters. The number of hydrogen-bond donors (Lipinski definition) is 3. The third-order valence-electron chi connectivity index (χ3n) is 0.700. The lowest BCUT2D eigenvalue weighted by Crippen LogP contribution is -2.32. The van der Waals surface area contributed by atoms with Gasteiger partial charge in [-0.15, -0.1) is 0 Å². The number of amides is 1. The molecule has 0 spiro atoms. The maximum atomic E-state index is 10.3. The maximum Gasteiger partial charge on any atom is 0.394 e. The molecule has 0 aliphatic carbocycles. The average Bonchev–Trinajstić information content (AvgIpc) is 1.88. The Balaban J connectivity index is 3.31. The van der Waals surface area contributed by atoms with Gasteiger partial charge in [-0.05, 0) is 0 Å². The van der Waals surface area contributed by atoms with Crippen LogP contribution in [-0.4, -0.2) is 29.3 Å². The molecular formula is C4H8N2O3S. The number of rotatable bonds is 3. The molecule has 5 nitrogen and oxygen atoms in total. The Morgan fingerprint density at radius 1 is 1.60 bits per heavy atom. The van der Waals surface area contributed by atoms with E-state index in [1.54, 1.807) is 0 Å². The summed E-state index contributed by atoms with van der Waals surface area (Å²) < 4.78 is 0. The number of aliphatic carboxylic acids is 1. The lowest BCUT2D eigenvalue weighted by Gasteiger charge is -1.97. The van der Waals surface area contributed by atoms with Crippen LogP contribution in [0.3, 0.4) is 0 Å². The average molecular weight is 164 g/mol. The molecule has 0 heterocycles. The quantitative estimate of drug-likeness (QED) is 0.276. The van der Waals surface area contributed by atoms with E-state index < -0.39 is 11.9 Å². The first-order valence-electron chi connectivity index (χ1n) is 2.51. The number of carboxylic acid groups (broad SMARTS) is 1. The Bertz CT molecular complexity index is 138. The van der Waals surface area contributed by atoms with Gasteiger partial charge in [0.2, 0.25) is 0 Å². The molecule has 10 heavy (non-hydrogen) atoms. The first kappa shape index (κ1) is 9.25. The molecule has 0 aliphatic heterocycles. The minimum absolute atomic E-state index is 0.284. The van der Waals surface area contributed by atoms with Crippen molar-refractivity contribution in [3.8, 4) is 0 Å². The molecule has 6 heteroatoms. The van der Waals surface area contributed by atoms with Crippen molar-refractivity contribution in [3.63, 3.8) is 0 Å². The molecular weight excluding hydrogens is 156 g/mol. The lowest BCUT2D eigenvalue weighted by atomic mass is 10.6. The van der Waals surface area contributed by atoms with E-state index in [0.29, 0.717) is 5.75 Å². The Hall–Kier alpha value is -0.750. The van der Waals surface area contributed by atoms with Gasteiger partial charge in [-0.1, -0.05) is 11.9 Å². The van der Waals surface area contributed by atoms with Gasteiger partial charge < -0.3 is 10.4 Å². The Labute approximate surface area is 62.1 Å². The fraction of sp³-hybridized carbons (Fsp3) is 0.500. The molecule has 1 amide bonds. The summed E-state index contributed by atoms with van der Waals surface area (Å²) in [6.07, 6.45) is 0. The van der Waals surface area contributed by atoms with Crippen LogP contribution in [0.2, 0.25) is 0 Å². The van der Waals surface area contributed by atoms with E-state index in [1.165, 1.54) is 0 Å². The molecule has 0 aromatic rings. The molecule has 0 aliphatic rings. The Kier molecular flexibility index (Phi) is 4.69. The van der Waals surface area contributed by atoms with Crippen LogP contribution in [0.5, 0.6) is 0 Å². The van der Waals surface area contributed by atoms with Crippen LogP contribution >= 0.6 is 11.9 Å². The highest BCUT2D eigenvalue weighted by Gasteiger charge is 2.08. The maximum absolute atomic E-state index is 10.3. The highest BCUT2D eigenvalue weighted by atomic mass is 32.2. The van der Waals surface area contributed by atoms with Crippen LogP contribution in [0.25, 0.3) is 0 Å². The largest absolute Gasteiger partial charge is 0.474 e. The van der Waals surface area contributed by atoms with E-state index in [4.69, 9.17) is 10.2 Å². The van der Waals surface area contributed by atoms with Gasteiger partial charge in [-0.25, -0.2) is 4.79 Å². The van der Waals surface area contributed by atoms with Gasteiger partial charge in [0.25, 0.3) is 0 Å². The van der Waals surface area contributed by atoms with Gasteiger partial charge in [0.1, 0.15) is 0 Å². The molecule has 58 valence electrons. The minimum Gasteiger partial charge on any atom is -0.474 e. The summed E-state index contributed by atoms with van der Waals surface area (Å²) in [5.41, 5.74) is 0. The molecule has 0 aromatic heterocycles. The molecule has 0 saturated carbocycles. The number of nitrogens with two attached hydrogens (primary N) is 1. The number of carboxylic acids is 1. The lowest BCUT2D eigenvalue weighted by molar-refractivity contribution is -0.150. The number of hydrogen-bond acceptors (Lipinski definition) is 4. The number of carbonyl (C=O) groups is 2. The van der Waals surface area contributed by atoms with Crippen molar-refractivity contribution >= 4 is 23.8 Å². The van der Waals surface area contributed by atoms with Crippen molar-refractivity contribution in [3.05, 3.63) is 0 Å². The molecule has 0 radical (unpaired) electrons. The van der Waals surface area contributed by atoms with E-state index in [9.17, 15) is 9.59 Å². The summed E-state index contributed by atoms with van der Waals surface area (Å²) in [5, 5.41) is 15.2. The number of carbonyl (C=O) groups excluding carboxylic acids is 1. The van der Waals surface area contributed by atoms with E-state index in [0.717, 1.165) is 11.9 Å². The summed E-state index contributed by atoms with van der Waals surface area (Å²) in [7, 11) is 0. The molecule has 0 fully saturated rings. The van der Waals surface area contributed by atoms with Gasteiger partial charge in [0.15, 0.2) is 0 Å². The molecule has 0 bridgehead atoms. The molecule has 4 N–H and O–H groups in total. The summed E-state index contributed by atoms with van der Waals surface area (Å²) in [4.78, 5) is 20.1. The van der Waals surface area contributed by atoms with Crippen molar-refractivity contribution in [1.82, 2.24) is 5.32 Å². The van der Waals surface area contributed by atoms with Crippen LogP contribution in [0, 0.1) is 0 Å². The van der Waals surface area contributed by atoms with E-state index >= 15 is 0 Å². The third-order valence-corrected chi connectivity index (χ3v) is 1.14. The van der Waals surface area contributed by atoms with Crippen molar-refractivity contribution in [2.75, 3.05) is 12.3 Å². The molecule has 0 unspecified atom stereocenters. The van der Waals surface area contributed by atoms with Crippen LogP contribution in [0.4, 0.5) is 0 Å². The van der Waals surface area contributed by atoms with Crippen LogP contribution in [0.15, 0.2) is 0 Å². The summed E-state index contributed by atoms with van der Waals surface area (Å²) in [6.45, 7) is 0.284. The second-order valence-electron chi connectivity index (χ2n) is 1.43. The number of nitrogens with one attached hydrogen (secondary N) is 1. The van der Waals surface area contributed by atoms with Crippen molar-refractivity contribution in [2.45, 2.75) is 0 Å². The highest BCUT2D eigenvalue weighted by molar-refractivity contribution is 7.97. The predicted octanol–water partition coefficient (Wildman–Crippen LogP) is -1.21. The fourth-order valence-electron chi connectivity index (χ4n) is 0.299. The smallest absolute Gasteiger partial charge is 0.394 e. The second-order valence-corrected chi connectivity index (χ2v) is 2.17. The third kappa shape index (κ3) is 4.16. The van der Waals surface area contributed by atoms with Gasteiger partial charge in [-0.2, -0.15) is 0 Å². The van der Waals surface area contributed by atoms with E-state index in [-0.39, 0.29) is 6.54 Å². The Morgan fingerprint density at radius 3 is 2.60 bits per heavy atom.